The van der Waals surface area contributed by atoms with Crippen LogP contribution in [0.3, 0.4) is 0 Å². The first-order valence-corrected chi connectivity index (χ1v) is 9.39. The average molecular weight is 312 g/mol. The van der Waals surface area contributed by atoms with Crippen LogP contribution >= 0.6 is 0 Å². The second-order valence-corrected chi connectivity index (χ2v) is 7.75. The first-order chi connectivity index (χ1) is 11.3. The molecular formula is C20H28N2O. The van der Waals surface area contributed by atoms with Gasteiger partial charge in [0.15, 0.2) is 0 Å². The highest BCUT2D eigenvalue weighted by Crippen LogP contribution is 2.45. The van der Waals surface area contributed by atoms with Crippen LogP contribution in [0.1, 0.15) is 48.9 Å². The lowest BCUT2D eigenvalue weighted by Crippen LogP contribution is -2.35. The smallest absolute Gasteiger partial charge is 0.251 e. The molecule has 0 bridgehead atoms. The summed E-state index contributed by atoms with van der Waals surface area (Å²) in [6.45, 7) is 3.65. The highest BCUT2D eigenvalue weighted by molar-refractivity contribution is 5.94. The van der Waals surface area contributed by atoms with Crippen molar-refractivity contribution >= 4 is 5.91 Å². The molecular weight excluding hydrogens is 284 g/mol. The largest absolute Gasteiger partial charge is 0.349 e. The van der Waals surface area contributed by atoms with E-state index in [0.29, 0.717) is 17.9 Å². The Balaban J connectivity index is 1.16. The molecule has 3 atom stereocenters. The summed E-state index contributed by atoms with van der Waals surface area (Å²) < 4.78 is 0. The van der Waals surface area contributed by atoms with Crippen LogP contribution in [0.5, 0.6) is 0 Å². The number of hydrogen-bond donors (Lipinski definition) is 1. The highest BCUT2D eigenvalue weighted by Gasteiger charge is 2.56. The normalized spacial score (nSPS) is 30.3. The van der Waals surface area contributed by atoms with Gasteiger partial charge in [0.05, 0.1) is 0 Å². The summed E-state index contributed by atoms with van der Waals surface area (Å²) in [6.07, 6.45) is 8.66. The molecule has 3 aliphatic rings. The van der Waals surface area contributed by atoms with Crippen LogP contribution < -0.4 is 5.32 Å². The molecule has 1 aliphatic heterocycles. The van der Waals surface area contributed by atoms with Gasteiger partial charge in [-0.1, -0.05) is 43.9 Å². The molecule has 3 nitrogen and oxygen atoms in total. The number of amides is 1. The minimum atomic E-state index is 0.0952. The Kier molecular flexibility index (Phi) is 4.39. The van der Waals surface area contributed by atoms with Gasteiger partial charge in [-0.3, -0.25) is 4.79 Å². The van der Waals surface area contributed by atoms with Gasteiger partial charge >= 0.3 is 0 Å². The quantitative estimate of drug-likeness (QED) is 0.874. The predicted molar refractivity (Wildman–Crippen MR) is 92.3 cm³/mol. The monoisotopic (exact) mass is 312 g/mol. The number of carbonyl (C=O) groups excluding carboxylic acids is 1. The van der Waals surface area contributed by atoms with Crippen LogP contribution in [-0.4, -0.2) is 36.5 Å². The molecule has 1 heterocycles. The minimum absolute atomic E-state index is 0.0952. The van der Waals surface area contributed by atoms with Gasteiger partial charge in [-0.25, -0.2) is 0 Å². The van der Waals surface area contributed by atoms with Crippen LogP contribution in [-0.2, 0) is 0 Å². The molecule has 1 N–H and O–H groups in total. The molecule has 2 saturated carbocycles. The maximum atomic E-state index is 12.2. The Morgan fingerprint density at radius 2 is 1.78 bits per heavy atom. The number of likely N-dealkylation sites (tertiary alicyclic amines) is 1. The van der Waals surface area contributed by atoms with Crippen molar-refractivity contribution in [2.75, 3.05) is 19.6 Å². The van der Waals surface area contributed by atoms with Gasteiger partial charge < -0.3 is 10.2 Å². The maximum absolute atomic E-state index is 12.2. The van der Waals surface area contributed by atoms with Crippen LogP contribution in [0, 0.1) is 17.8 Å². The van der Waals surface area contributed by atoms with E-state index in [2.05, 4.69) is 10.2 Å². The van der Waals surface area contributed by atoms with E-state index in [9.17, 15) is 4.79 Å². The van der Waals surface area contributed by atoms with Crippen LogP contribution in [0.4, 0.5) is 0 Å². The summed E-state index contributed by atoms with van der Waals surface area (Å²) in [5.41, 5.74) is 0.783. The SMILES string of the molecule is O=C(NC1[C@H]2CN(CCCC3CCCC3)C[C@@H]12)c1ccccc1. The number of piperidine rings is 1. The molecule has 1 saturated heterocycles. The summed E-state index contributed by atoms with van der Waals surface area (Å²) in [4.78, 5) is 14.8. The second-order valence-electron chi connectivity index (χ2n) is 7.75. The molecule has 0 radical (unpaired) electrons. The zero-order chi connectivity index (χ0) is 15.6. The predicted octanol–water partition coefficient (Wildman–Crippen LogP) is 3.32. The number of nitrogens with zero attached hydrogens (tertiary/aromatic N) is 1. The van der Waals surface area contributed by atoms with E-state index in [-0.39, 0.29) is 5.91 Å². The Labute approximate surface area is 139 Å². The fourth-order valence-electron chi connectivity index (χ4n) is 4.74. The Hall–Kier alpha value is -1.35. The van der Waals surface area contributed by atoms with E-state index in [1.165, 1.54) is 58.2 Å². The Morgan fingerprint density at radius 1 is 1.09 bits per heavy atom. The zero-order valence-electron chi connectivity index (χ0n) is 13.9. The van der Waals surface area contributed by atoms with Gasteiger partial charge in [0.2, 0.25) is 0 Å². The van der Waals surface area contributed by atoms with E-state index in [0.717, 1.165) is 11.5 Å². The number of hydrogen-bond acceptors (Lipinski definition) is 2. The number of fused-ring (bicyclic) bond motifs is 1. The van der Waals surface area contributed by atoms with E-state index in [4.69, 9.17) is 0 Å². The summed E-state index contributed by atoms with van der Waals surface area (Å²) in [6, 6.07) is 10.0. The fraction of sp³-hybridized carbons (Fsp3) is 0.650. The van der Waals surface area contributed by atoms with Gasteiger partial charge in [0, 0.05) is 24.7 Å². The lowest BCUT2D eigenvalue weighted by atomic mass is 10.0. The third kappa shape index (κ3) is 3.45. The van der Waals surface area contributed by atoms with Crippen molar-refractivity contribution in [1.82, 2.24) is 10.2 Å². The van der Waals surface area contributed by atoms with Crippen molar-refractivity contribution in [1.29, 1.82) is 0 Å². The van der Waals surface area contributed by atoms with Gasteiger partial charge in [0.25, 0.3) is 5.91 Å². The fourth-order valence-corrected chi connectivity index (χ4v) is 4.74. The van der Waals surface area contributed by atoms with E-state index < -0.39 is 0 Å². The van der Waals surface area contributed by atoms with E-state index in [1.54, 1.807) is 0 Å². The summed E-state index contributed by atoms with van der Waals surface area (Å²) in [7, 11) is 0. The van der Waals surface area contributed by atoms with Crippen molar-refractivity contribution in [2.24, 2.45) is 17.8 Å². The molecule has 4 rings (SSSR count). The molecule has 1 aromatic rings. The average Bonchev–Trinajstić information content (AvgIpc) is 3.01. The van der Waals surface area contributed by atoms with Crippen molar-refractivity contribution in [3.63, 3.8) is 0 Å². The Bertz CT molecular complexity index is 526. The lowest BCUT2D eigenvalue weighted by molar-refractivity contribution is 0.0943. The lowest BCUT2D eigenvalue weighted by Gasteiger charge is -2.20. The third-order valence-electron chi connectivity index (χ3n) is 6.16. The van der Waals surface area contributed by atoms with E-state index >= 15 is 0 Å². The molecule has 23 heavy (non-hydrogen) atoms. The molecule has 3 fully saturated rings. The molecule has 2 aliphatic carbocycles. The summed E-state index contributed by atoms with van der Waals surface area (Å²) in [5, 5.41) is 3.23. The van der Waals surface area contributed by atoms with Crippen LogP contribution in [0.25, 0.3) is 0 Å². The summed E-state index contributed by atoms with van der Waals surface area (Å²) >= 11 is 0. The number of benzene rings is 1. The van der Waals surface area contributed by atoms with Crippen molar-refractivity contribution in [3.8, 4) is 0 Å². The van der Waals surface area contributed by atoms with Crippen molar-refractivity contribution in [2.45, 2.75) is 44.6 Å². The molecule has 124 valence electrons. The van der Waals surface area contributed by atoms with Gasteiger partial charge in [-0.15, -0.1) is 0 Å². The van der Waals surface area contributed by atoms with Gasteiger partial charge in [-0.2, -0.15) is 0 Å². The molecule has 3 heteroatoms. The van der Waals surface area contributed by atoms with Crippen molar-refractivity contribution in [3.05, 3.63) is 35.9 Å². The number of carbonyl (C=O) groups is 1. The topological polar surface area (TPSA) is 32.3 Å². The number of nitrogens with one attached hydrogen (secondary N) is 1. The maximum Gasteiger partial charge on any atom is 0.251 e. The summed E-state index contributed by atoms with van der Waals surface area (Å²) in [5.74, 6) is 2.52. The van der Waals surface area contributed by atoms with Gasteiger partial charge in [0.1, 0.15) is 0 Å². The van der Waals surface area contributed by atoms with Crippen molar-refractivity contribution < 1.29 is 4.79 Å². The Morgan fingerprint density at radius 3 is 2.48 bits per heavy atom. The molecule has 1 amide bonds. The first kappa shape index (κ1) is 15.2. The second kappa shape index (κ2) is 6.64. The first-order valence-electron chi connectivity index (χ1n) is 9.39. The standard InChI is InChI=1S/C20H28N2O/c23-20(16-10-2-1-3-11-16)21-19-17-13-22(14-18(17)19)12-6-9-15-7-4-5-8-15/h1-3,10-11,15,17-19H,4-9,12-14H2,(H,21,23)/t17-,18+,19?. The van der Waals surface area contributed by atoms with Gasteiger partial charge in [-0.05, 0) is 49.3 Å². The molecule has 1 unspecified atom stereocenters. The van der Waals surface area contributed by atoms with E-state index in [1.807, 2.05) is 30.3 Å². The molecule has 0 aromatic heterocycles. The number of rotatable bonds is 6. The molecule has 1 aromatic carbocycles. The molecule has 0 spiro atoms. The zero-order valence-corrected chi connectivity index (χ0v) is 13.9. The third-order valence-corrected chi connectivity index (χ3v) is 6.16. The minimum Gasteiger partial charge on any atom is -0.349 e. The van der Waals surface area contributed by atoms with Crippen LogP contribution in [0.15, 0.2) is 30.3 Å². The van der Waals surface area contributed by atoms with Crippen LogP contribution in [0.2, 0.25) is 0 Å². The highest BCUT2D eigenvalue weighted by atomic mass is 16.1.